The molecule has 2 aliphatic heterocycles. The third-order valence-corrected chi connectivity index (χ3v) is 14.5. The normalized spacial score (nSPS) is 15.1. The number of rotatable bonds is 3. The molecule has 6 aromatic rings. The van der Waals surface area contributed by atoms with Crippen LogP contribution in [0.1, 0.15) is 24.1 Å². The molecule has 0 N–H and O–H groups in total. The van der Waals surface area contributed by atoms with Gasteiger partial charge in [0.25, 0.3) is 0 Å². The van der Waals surface area contributed by atoms with Gasteiger partial charge in [0.1, 0.15) is 0 Å². The van der Waals surface area contributed by atoms with Gasteiger partial charge in [-0.3, -0.25) is 0 Å². The zero-order chi connectivity index (χ0) is 29.6. The summed E-state index contributed by atoms with van der Waals surface area (Å²) in [6, 6.07) is 41.9. The molecular weight excluding hydrogens is 614 g/mol. The fraction of sp³-hybridized carbons (Fsp3) is 0.179. The van der Waals surface area contributed by atoms with Crippen LogP contribution in [0.15, 0.2) is 109 Å². The summed E-state index contributed by atoms with van der Waals surface area (Å²) in [5.41, 5.74) is 14.1. The Hall–Kier alpha value is -3.76. The number of anilines is 3. The van der Waals surface area contributed by atoms with E-state index in [1.807, 2.05) is 0 Å². The van der Waals surface area contributed by atoms with Gasteiger partial charge in [0.15, 0.2) is 0 Å². The second-order valence-electron chi connectivity index (χ2n) is 13.6. The predicted octanol–water partition coefficient (Wildman–Crippen LogP) is 5.32. The van der Waals surface area contributed by atoms with Gasteiger partial charge in [-0.05, 0) is 0 Å². The molecule has 5 heteroatoms. The minimum atomic E-state index is -1.43. The number of nitrogens with zero attached hydrogens (tertiary/aromatic N) is 2. The molecule has 1 aromatic heterocycles. The van der Waals surface area contributed by atoms with Gasteiger partial charge in [-0.15, -0.1) is 0 Å². The molecule has 9 rings (SSSR count). The van der Waals surface area contributed by atoms with Crippen LogP contribution < -0.4 is 35.4 Å². The van der Waals surface area contributed by atoms with Crippen LogP contribution in [0.25, 0.3) is 16.6 Å². The monoisotopic (exact) mass is 650 g/mol. The fourth-order valence-electron chi connectivity index (χ4n) is 7.96. The molecule has 3 heterocycles. The summed E-state index contributed by atoms with van der Waals surface area (Å²) in [4.78, 5) is 2.58. The van der Waals surface area contributed by atoms with E-state index in [0.717, 1.165) is 6.42 Å². The van der Waals surface area contributed by atoms with Crippen LogP contribution in [0.5, 0.6) is 0 Å². The quantitative estimate of drug-likeness (QED) is 0.236. The summed E-state index contributed by atoms with van der Waals surface area (Å²) < 4.78 is 5.75. The molecule has 0 spiro atoms. The van der Waals surface area contributed by atoms with Gasteiger partial charge in [-0.2, -0.15) is 0 Å². The molecule has 3 aliphatic rings. The summed E-state index contributed by atoms with van der Waals surface area (Å²) in [5, 5.41) is 3.00. The Morgan fingerprint density at radius 3 is 2.32 bits per heavy atom. The van der Waals surface area contributed by atoms with Crippen LogP contribution in [0, 0.1) is 0 Å². The molecule has 0 fully saturated rings. The number of para-hydroxylation sites is 3. The van der Waals surface area contributed by atoms with Crippen LogP contribution in [-0.4, -0.2) is 34.3 Å². The van der Waals surface area contributed by atoms with E-state index in [-0.39, 0.29) is 21.7 Å². The van der Waals surface area contributed by atoms with Gasteiger partial charge in [0, 0.05) is 0 Å². The van der Waals surface area contributed by atoms with Crippen molar-refractivity contribution in [2.24, 2.45) is 0 Å². The Balaban J connectivity index is 1.39. The van der Waals surface area contributed by atoms with Crippen LogP contribution in [-0.2, 0) is 12.8 Å². The van der Waals surface area contributed by atoms with Crippen molar-refractivity contribution in [3.05, 3.63) is 120 Å². The van der Waals surface area contributed by atoms with Crippen molar-refractivity contribution >= 4 is 88.2 Å². The Kier molecular flexibility index (Phi) is 5.97. The van der Waals surface area contributed by atoms with Crippen molar-refractivity contribution in [1.82, 2.24) is 4.57 Å². The number of aryl methyl sites for hydroxylation is 1. The van der Waals surface area contributed by atoms with Gasteiger partial charge in [-0.1, -0.05) is 0 Å². The molecule has 0 amide bonds. The SMILES string of the molecule is C[Si](C)(C)c1ccc2c(c1)[Se]c1ccc(-n3c4c(c5ccccc53)CCCC4)c3c1B2c1ccccc1N3c1ccccc1. The van der Waals surface area contributed by atoms with E-state index in [1.54, 1.807) is 15.2 Å². The molecule has 44 heavy (non-hydrogen) atoms. The maximum absolute atomic E-state index is 2.65. The van der Waals surface area contributed by atoms with E-state index >= 15 is 0 Å². The molecule has 5 aromatic carbocycles. The molecule has 0 bridgehead atoms. The van der Waals surface area contributed by atoms with Crippen molar-refractivity contribution in [3.63, 3.8) is 0 Å². The van der Waals surface area contributed by atoms with E-state index in [2.05, 4.69) is 138 Å². The third-order valence-electron chi connectivity index (χ3n) is 10.0. The zero-order valence-corrected chi connectivity index (χ0v) is 28.3. The van der Waals surface area contributed by atoms with Crippen molar-refractivity contribution in [1.29, 1.82) is 0 Å². The first-order valence-electron chi connectivity index (χ1n) is 16.0. The number of hydrogen-bond donors (Lipinski definition) is 0. The summed E-state index contributed by atoms with van der Waals surface area (Å²) in [6.07, 6.45) is 4.85. The Morgan fingerprint density at radius 1 is 0.682 bits per heavy atom. The Morgan fingerprint density at radius 2 is 1.45 bits per heavy atom. The Labute approximate surface area is 268 Å². The van der Waals surface area contributed by atoms with E-state index in [0.29, 0.717) is 0 Å². The first-order valence-corrected chi connectivity index (χ1v) is 21.3. The van der Waals surface area contributed by atoms with Crippen molar-refractivity contribution in [2.45, 2.75) is 45.3 Å². The van der Waals surface area contributed by atoms with E-state index < -0.39 is 8.07 Å². The van der Waals surface area contributed by atoms with Gasteiger partial charge < -0.3 is 0 Å². The average molecular weight is 650 g/mol. The second-order valence-corrected chi connectivity index (χ2v) is 20.9. The van der Waals surface area contributed by atoms with Gasteiger partial charge in [0.05, 0.1) is 0 Å². The summed E-state index contributed by atoms with van der Waals surface area (Å²) in [5.74, 6) is 0. The van der Waals surface area contributed by atoms with Crippen LogP contribution in [0.3, 0.4) is 0 Å². The third kappa shape index (κ3) is 3.86. The maximum atomic E-state index is 2.65. The molecule has 1 aliphatic carbocycles. The Bertz CT molecular complexity index is 2110. The van der Waals surface area contributed by atoms with E-state index in [9.17, 15) is 0 Å². The number of aromatic nitrogens is 1. The number of hydrogen-bond acceptors (Lipinski definition) is 1. The molecule has 0 radical (unpaired) electrons. The molecule has 0 unspecified atom stereocenters. The van der Waals surface area contributed by atoms with E-state index in [1.165, 1.54) is 79.5 Å². The van der Waals surface area contributed by atoms with Crippen LogP contribution in [0.2, 0.25) is 19.6 Å². The van der Waals surface area contributed by atoms with Crippen molar-refractivity contribution < 1.29 is 0 Å². The topological polar surface area (TPSA) is 8.17 Å². The van der Waals surface area contributed by atoms with Crippen molar-refractivity contribution in [3.8, 4) is 5.69 Å². The standard InChI is InChI=1S/C39H35BN2SeSi/c1-44(2,3)27-21-22-31-37(25-27)43-36-24-23-35(42-32-18-10-7-15-28(32)29-16-8-11-19-33(29)42)39-38(36)40(31)30-17-9-12-20-34(30)41(39)26-13-5-4-6-14-26/h4-7,9-10,12-15,17-18,20-25H,8,11,16,19H2,1-3H3. The average Bonchev–Trinajstić information content (AvgIpc) is 3.38. The fourth-order valence-corrected chi connectivity index (χ4v) is 11.8. The first kappa shape index (κ1) is 26.6. The summed E-state index contributed by atoms with van der Waals surface area (Å²) >= 11 is 0.247. The molecule has 0 atom stereocenters. The van der Waals surface area contributed by atoms with Gasteiger partial charge in [-0.25, -0.2) is 0 Å². The van der Waals surface area contributed by atoms with Gasteiger partial charge in [0.2, 0.25) is 0 Å². The molecule has 0 saturated carbocycles. The van der Waals surface area contributed by atoms with Gasteiger partial charge >= 0.3 is 269 Å². The number of fused-ring (bicyclic) bond motifs is 7. The summed E-state index contributed by atoms with van der Waals surface area (Å²) in [7, 11) is -1.43. The number of benzene rings is 5. The second kappa shape index (κ2) is 9.87. The molecule has 0 saturated heterocycles. The molecule has 214 valence electrons. The molecular formula is C39H35BN2SeSi. The van der Waals surface area contributed by atoms with Crippen LogP contribution >= 0.6 is 0 Å². The zero-order valence-electron chi connectivity index (χ0n) is 25.6. The minimum absolute atomic E-state index is 0.232. The molecule has 2 nitrogen and oxygen atoms in total. The van der Waals surface area contributed by atoms with Crippen LogP contribution in [0.4, 0.5) is 17.1 Å². The first-order chi connectivity index (χ1) is 21.5. The van der Waals surface area contributed by atoms with E-state index in [4.69, 9.17) is 0 Å². The van der Waals surface area contributed by atoms with Crippen molar-refractivity contribution in [2.75, 3.05) is 4.90 Å². The predicted molar refractivity (Wildman–Crippen MR) is 194 cm³/mol. The summed E-state index contributed by atoms with van der Waals surface area (Å²) in [6.45, 7) is 7.64.